The van der Waals surface area contributed by atoms with E-state index in [2.05, 4.69) is 9.71 Å². The highest BCUT2D eigenvalue weighted by atomic mass is 32.2. The third-order valence-corrected chi connectivity index (χ3v) is 4.49. The van der Waals surface area contributed by atoms with Gasteiger partial charge >= 0.3 is 11.9 Å². The van der Waals surface area contributed by atoms with E-state index in [9.17, 15) is 13.2 Å². The van der Waals surface area contributed by atoms with Crippen LogP contribution in [0.5, 0.6) is 0 Å². The molecule has 0 radical (unpaired) electrons. The maximum absolute atomic E-state index is 12.4. The van der Waals surface area contributed by atoms with Crippen LogP contribution in [0.2, 0.25) is 0 Å². The molecule has 3 aromatic rings. The standard InChI is InChI=1S/C16H12N2O5S/c19-16(20)15-17-14(13(23-15)11-7-3-1-4-8-11)18-24(21,22)12-9-5-2-6-10-12/h1-10,18H,(H,19,20). The molecule has 1 aromatic heterocycles. The van der Waals surface area contributed by atoms with Crippen LogP contribution in [-0.2, 0) is 10.0 Å². The van der Waals surface area contributed by atoms with Gasteiger partial charge in [0.15, 0.2) is 11.6 Å². The Morgan fingerprint density at radius 2 is 1.58 bits per heavy atom. The van der Waals surface area contributed by atoms with Gasteiger partial charge in [0.1, 0.15) is 0 Å². The molecule has 122 valence electrons. The van der Waals surface area contributed by atoms with Crippen LogP contribution in [0, 0.1) is 0 Å². The molecule has 0 bridgehead atoms. The SMILES string of the molecule is O=C(O)c1nc(NS(=O)(=O)c2ccccc2)c(-c2ccccc2)o1. The minimum Gasteiger partial charge on any atom is -0.474 e. The lowest BCUT2D eigenvalue weighted by Crippen LogP contribution is -2.13. The topological polar surface area (TPSA) is 109 Å². The predicted octanol–water partition coefficient (Wildman–Crippen LogP) is 2.84. The van der Waals surface area contributed by atoms with Gasteiger partial charge in [0, 0.05) is 5.56 Å². The van der Waals surface area contributed by atoms with E-state index < -0.39 is 21.9 Å². The maximum atomic E-state index is 12.4. The van der Waals surface area contributed by atoms with E-state index in [4.69, 9.17) is 9.52 Å². The maximum Gasteiger partial charge on any atom is 0.392 e. The number of hydrogen-bond acceptors (Lipinski definition) is 5. The zero-order chi connectivity index (χ0) is 17.2. The van der Waals surface area contributed by atoms with Crippen molar-refractivity contribution in [1.82, 2.24) is 4.98 Å². The summed E-state index contributed by atoms with van der Waals surface area (Å²) in [6.45, 7) is 0. The van der Waals surface area contributed by atoms with Gasteiger partial charge in [-0.1, -0.05) is 48.5 Å². The first kappa shape index (κ1) is 15.8. The quantitative estimate of drug-likeness (QED) is 0.736. The lowest BCUT2D eigenvalue weighted by molar-refractivity contribution is 0.0654. The smallest absolute Gasteiger partial charge is 0.392 e. The first-order valence-electron chi connectivity index (χ1n) is 6.85. The number of anilines is 1. The number of rotatable bonds is 5. The number of carboxylic acids is 1. The molecule has 0 spiro atoms. The van der Waals surface area contributed by atoms with E-state index in [0.717, 1.165) is 0 Å². The molecule has 1 heterocycles. The molecular formula is C16H12N2O5S. The Morgan fingerprint density at radius 3 is 2.17 bits per heavy atom. The van der Waals surface area contributed by atoms with Gasteiger partial charge in [0.25, 0.3) is 10.0 Å². The Bertz CT molecular complexity index is 966. The molecule has 0 atom stereocenters. The Balaban J connectivity index is 2.06. The Morgan fingerprint density at radius 1 is 1.00 bits per heavy atom. The summed E-state index contributed by atoms with van der Waals surface area (Å²) in [7, 11) is -3.92. The van der Waals surface area contributed by atoms with Crippen LogP contribution in [-0.4, -0.2) is 24.5 Å². The number of aromatic nitrogens is 1. The molecule has 8 heteroatoms. The number of hydrogen-bond donors (Lipinski definition) is 2. The van der Waals surface area contributed by atoms with Crippen molar-refractivity contribution >= 4 is 21.8 Å². The van der Waals surface area contributed by atoms with Crippen molar-refractivity contribution in [2.75, 3.05) is 4.72 Å². The van der Waals surface area contributed by atoms with E-state index in [1.54, 1.807) is 48.5 Å². The fourth-order valence-corrected chi connectivity index (χ4v) is 3.08. The lowest BCUT2D eigenvalue weighted by Gasteiger charge is -2.06. The molecule has 0 saturated carbocycles. The number of benzene rings is 2. The fourth-order valence-electron chi connectivity index (χ4n) is 2.05. The first-order valence-corrected chi connectivity index (χ1v) is 8.33. The van der Waals surface area contributed by atoms with E-state index >= 15 is 0 Å². The monoisotopic (exact) mass is 344 g/mol. The molecule has 0 unspecified atom stereocenters. The predicted molar refractivity (Wildman–Crippen MR) is 86.1 cm³/mol. The summed E-state index contributed by atoms with van der Waals surface area (Å²) in [6.07, 6.45) is 0. The molecule has 0 aliphatic carbocycles. The third-order valence-electron chi connectivity index (χ3n) is 3.13. The van der Waals surface area contributed by atoms with Crippen molar-refractivity contribution in [3.8, 4) is 11.3 Å². The number of carbonyl (C=O) groups is 1. The highest BCUT2D eigenvalue weighted by Crippen LogP contribution is 2.30. The number of nitrogens with zero attached hydrogens (tertiary/aromatic N) is 1. The highest BCUT2D eigenvalue weighted by molar-refractivity contribution is 7.92. The van der Waals surface area contributed by atoms with Gasteiger partial charge < -0.3 is 9.52 Å². The fraction of sp³-hybridized carbons (Fsp3) is 0. The number of nitrogens with one attached hydrogen (secondary N) is 1. The van der Waals surface area contributed by atoms with Gasteiger partial charge in [-0.3, -0.25) is 4.72 Å². The second-order valence-corrected chi connectivity index (χ2v) is 6.47. The zero-order valence-electron chi connectivity index (χ0n) is 12.2. The number of sulfonamides is 1. The minimum atomic E-state index is -3.92. The molecular weight excluding hydrogens is 332 g/mol. The zero-order valence-corrected chi connectivity index (χ0v) is 13.0. The number of carboxylic acid groups (broad SMARTS) is 1. The molecule has 0 fully saturated rings. The molecule has 24 heavy (non-hydrogen) atoms. The molecule has 3 rings (SSSR count). The van der Waals surface area contributed by atoms with Crippen LogP contribution in [0.1, 0.15) is 10.7 Å². The van der Waals surface area contributed by atoms with E-state index in [0.29, 0.717) is 5.56 Å². The van der Waals surface area contributed by atoms with Gasteiger partial charge in [-0.2, -0.15) is 4.98 Å². The van der Waals surface area contributed by atoms with Crippen LogP contribution in [0.3, 0.4) is 0 Å². The first-order chi connectivity index (χ1) is 11.5. The third kappa shape index (κ3) is 3.13. The summed E-state index contributed by atoms with van der Waals surface area (Å²) in [6, 6.07) is 16.2. The number of aromatic carboxylic acids is 1. The van der Waals surface area contributed by atoms with Crippen molar-refractivity contribution in [2.24, 2.45) is 0 Å². The van der Waals surface area contributed by atoms with Crippen LogP contribution in [0.15, 0.2) is 70.0 Å². The molecule has 2 N–H and O–H groups in total. The van der Waals surface area contributed by atoms with Crippen molar-refractivity contribution in [3.05, 3.63) is 66.6 Å². The summed E-state index contributed by atoms with van der Waals surface area (Å²) in [5.41, 5.74) is 0.503. The van der Waals surface area contributed by atoms with Gasteiger partial charge in [0.2, 0.25) is 0 Å². The van der Waals surface area contributed by atoms with E-state index in [1.165, 1.54) is 12.1 Å². The molecule has 0 amide bonds. The lowest BCUT2D eigenvalue weighted by atomic mass is 10.2. The van der Waals surface area contributed by atoms with Gasteiger partial charge in [0.05, 0.1) is 4.90 Å². The van der Waals surface area contributed by atoms with Crippen LogP contribution in [0.4, 0.5) is 5.82 Å². The van der Waals surface area contributed by atoms with Gasteiger partial charge in [-0.15, -0.1) is 0 Å². The molecule has 0 saturated heterocycles. The van der Waals surface area contributed by atoms with E-state index in [1.807, 2.05) is 0 Å². The Hall–Kier alpha value is -3.13. The Labute approximate surface area is 137 Å². The van der Waals surface area contributed by atoms with Crippen molar-refractivity contribution in [2.45, 2.75) is 4.90 Å². The number of oxazole rings is 1. The minimum absolute atomic E-state index is 0.0314. The van der Waals surface area contributed by atoms with Gasteiger partial charge in [-0.25, -0.2) is 13.2 Å². The van der Waals surface area contributed by atoms with E-state index in [-0.39, 0.29) is 16.5 Å². The molecule has 7 nitrogen and oxygen atoms in total. The summed E-state index contributed by atoms with van der Waals surface area (Å²) in [5.74, 6) is -2.13. The summed E-state index contributed by atoms with van der Waals surface area (Å²) in [4.78, 5) is 14.9. The van der Waals surface area contributed by atoms with Crippen molar-refractivity contribution < 1.29 is 22.7 Å². The average molecular weight is 344 g/mol. The molecule has 0 aliphatic rings. The highest BCUT2D eigenvalue weighted by Gasteiger charge is 2.24. The largest absolute Gasteiger partial charge is 0.474 e. The van der Waals surface area contributed by atoms with Crippen molar-refractivity contribution in [1.29, 1.82) is 0 Å². The van der Waals surface area contributed by atoms with Crippen molar-refractivity contribution in [3.63, 3.8) is 0 Å². The molecule has 0 aliphatic heterocycles. The summed E-state index contributed by atoms with van der Waals surface area (Å²) >= 11 is 0. The second-order valence-electron chi connectivity index (χ2n) is 4.79. The summed E-state index contributed by atoms with van der Waals surface area (Å²) < 4.78 is 32.3. The van der Waals surface area contributed by atoms with Crippen LogP contribution >= 0.6 is 0 Å². The second kappa shape index (κ2) is 6.17. The summed E-state index contributed by atoms with van der Waals surface area (Å²) in [5, 5.41) is 9.05. The average Bonchev–Trinajstić information content (AvgIpc) is 3.00. The van der Waals surface area contributed by atoms with Gasteiger partial charge in [-0.05, 0) is 12.1 Å². The van der Waals surface area contributed by atoms with Crippen LogP contribution < -0.4 is 4.72 Å². The molecule has 2 aromatic carbocycles. The normalized spacial score (nSPS) is 11.2. The van der Waals surface area contributed by atoms with Crippen LogP contribution in [0.25, 0.3) is 11.3 Å². The Kier molecular flexibility index (Phi) is 4.05.